The normalized spacial score (nSPS) is 9.74. The van der Waals surface area contributed by atoms with Gasteiger partial charge >= 0.3 is 0 Å². The van der Waals surface area contributed by atoms with E-state index in [1.807, 2.05) is 0 Å². The first-order chi connectivity index (χ1) is 9.18. The van der Waals surface area contributed by atoms with E-state index >= 15 is 0 Å². The van der Waals surface area contributed by atoms with Crippen LogP contribution in [0.3, 0.4) is 0 Å². The molecule has 2 aromatic rings. The van der Waals surface area contributed by atoms with Crippen LogP contribution in [0, 0.1) is 0 Å². The van der Waals surface area contributed by atoms with Crippen LogP contribution >= 0.6 is 11.8 Å². The molecule has 2 heterocycles. The van der Waals surface area contributed by atoms with Crippen LogP contribution in [0.2, 0.25) is 0 Å². The molecule has 0 aliphatic carbocycles. The van der Waals surface area contributed by atoms with Gasteiger partial charge in [0.05, 0.1) is 5.56 Å². The Balaban J connectivity index is 2.04. The predicted molar refractivity (Wildman–Crippen MR) is 68.0 cm³/mol. The van der Waals surface area contributed by atoms with Gasteiger partial charge in [-0.15, -0.1) is 0 Å². The molecule has 0 aliphatic heterocycles. The van der Waals surface area contributed by atoms with E-state index in [-0.39, 0.29) is 11.3 Å². The van der Waals surface area contributed by atoms with E-state index < -0.39 is 11.8 Å². The maximum Gasteiger partial charge on any atom is 0.289 e. The van der Waals surface area contributed by atoms with Gasteiger partial charge in [-0.05, 0) is 24.3 Å². The van der Waals surface area contributed by atoms with Crippen molar-refractivity contribution >= 4 is 23.6 Å². The smallest absolute Gasteiger partial charge is 0.266 e. The molecule has 0 saturated heterocycles. The second-order valence-corrected chi connectivity index (χ2v) is 3.82. The lowest BCUT2D eigenvalue weighted by molar-refractivity contribution is 0.0726. The monoisotopic (exact) mass is 276 g/mol. The zero-order valence-electron chi connectivity index (χ0n) is 9.65. The molecule has 2 amide bonds. The van der Waals surface area contributed by atoms with Crippen LogP contribution in [0.25, 0.3) is 0 Å². The van der Waals surface area contributed by atoms with E-state index in [0.29, 0.717) is 4.53 Å². The third kappa shape index (κ3) is 3.26. The van der Waals surface area contributed by atoms with Gasteiger partial charge in [0.25, 0.3) is 11.8 Å². The highest BCUT2D eigenvalue weighted by Crippen LogP contribution is 2.04. The molecule has 19 heavy (non-hydrogen) atoms. The van der Waals surface area contributed by atoms with Crippen LogP contribution in [-0.4, -0.2) is 26.3 Å². The number of rotatable bonds is 2. The Bertz CT molecular complexity index is 577. The van der Waals surface area contributed by atoms with Crippen molar-refractivity contribution in [1.29, 1.82) is 0 Å². The minimum Gasteiger partial charge on any atom is -0.266 e. The second-order valence-electron chi connectivity index (χ2n) is 3.48. The maximum absolute atomic E-state index is 11.8. The molecule has 2 rings (SSSR count). The molecule has 7 heteroatoms. The molecule has 0 aromatic carbocycles. The van der Waals surface area contributed by atoms with E-state index in [2.05, 4.69) is 15.4 Å². The number of nitrogens with one attached hydrogen (secondary N) is 1. The van der Waals surface area contributed by atoms with Crippen molar-refractivity contribution in [2.75, 3.05) is 0 Å². The van der Waals surface area contributed by atoms with Crippen molar-refractivity contribution in [3.63, 3.8) is 0 Å². The Labute approximate surface area is 114 Å². The van der Waals surface area contributed by atoms with Gasteiger partial charge < -0.3 is 0 Å². The van der Waals surface area contributed by atoms with E-state index in [9.17, 15) is 9.59 Å². The summed E-state index contributed by atoms with van der Waals surface area (Å²) >= 11 is 5.71. The Kier molecular flexibility index (Phi) is 4.04. The Hall–Kier alpha value is -2.47. The molecular weight excluding hydrogens is 268 g/mol. The Morgan fingerprint density at radius 3 is 2.63 bits per heavy atom. The molecule has 0 fully saturated rings. The summed E-state index contributed by atoms with van der Waals surface area (Å²) in [5.41, 5.74) is 2.64. The molecule has 0 radical (unpaired) electrons. The molecule has 0 bridgehead atoms. The molecule has 0 unspecified atom stereocenters. The SMILES string of the molecule is O=C(NN(Cl)C(=O)c1cccnc1)c1ccccn1. The first kappa shape index (κ1) is 13.0. The summed E-state index contributed by atoms with van der Waals surface area (Å²) in [5, 5.41) is 0. The fourth-order valence-electron chi connectivity index (χ4n) is 1.30. The van der Waals surface area contributed by atoms with Crippen LogP contribution in [-0.2, 0) is 0 Å². The number of hydrazine groups is 1. The van der Waals surface area contributed by atoms with E-state index in [0.717, 1.165) is 0 Å². The number of pyridine rings is 2. The first-order valence-corrected chi connectivity index (χ1v) is 5.64. The summed E-state index contributed by atoms with van der Waals surface area (Å²) in [6.07, 6.45) is 4.35. The molecule has 0 aliphatic rings. The number of nitrogens with zero attached hydrogens (tertiary/aromatic N) is 3. The fraction of sp³-hybridized carbons (Fsp3) is 0. The molecule has 6 nitrogen and oxygen atoms in total. The van der Waals surface area contributed by atoms with E-state index in [1.165, 1.54) is 30.7 Å². The van der Waals surface area contributed by atoms with Crippen LogP contribution in [0.4, 0.5) is 0 Å². The third-order valence-electron chi connectivity index (χ3n) is 2.18. The van der Waals surface area contributed by atoms with Crippen LogP contribution < -0.4 is 5.43 Å². The molecular formula is C12H9ClN4O2. The number of carbonyl (C=O) groups excluding carboxylic acids is 2. The summed E-state index contributed by atoms with van der Waals surface area (Å²) in [6, 6.07) is 7.98. The fourth-order valence-corrected chi connectivity index (χ4v) is 1.47. The minimum atomic E-state index is -0.584. The number of hydrogen-bond donors (Lipinski definition) is 1. The van der Waals surface area contributed by atoms with Gasteiger partial charge in [-0.3, -0.25) is 19.6 Å². The third-order valence-corrected chi connectivity index (χ3v) is 2.42. The van der Waals surface area contributed by atoms with Gasteiger partial charge in [-0.2, -0.15) is 4.53 Å². The van der Waals surface area contributed by atoms with Crippen LogP contribution in [0.5, 0.6) is 0 Å². The summed E-state index contributed by atoms with van der Waals surface area (Å²) in [6.45, 7) is 0. The highest BCUT2D eigenvalue weighted by Gasteiger charge is 2.17. The van der Waals surface area contributed by atoms with Gasteiger partial charge in [-0.1, -0.05) is 6.07 Å². The molecule has 0 saturated carbocycles. The van der Waals surface area contributed by atoms with Crippen molar-refractivity contribution in [1.82, 2.24) is 19.9 Å². The predicted octanol–water partition coefficient (Wildman–Crippen LogP) is 1.42. The molecule has 96 valence electrons. The molecule has 0 spiro atoms. The lowest BCUT2D eigenvalue weighted by Gasteiger charge is -2.14. The van der Waals surface area contributed by atoms with Gasteiger partial charge in [0.2, 0.25) is 0 Å². The van der Waals surface area contributed by atoms with Gasteiger partial charge in [0.15, 0.2) is 0 Å². The van der Waals surface area contributed by atoms with Gasteiger partial charge in [-0.25, -0.2) is 5.43 Å². The minimum absolute atomic E-state index is 0.159. The summed E-state index contributed by atoms with van der Waals surface area (Å²) in [4.78, 5) is 31.2. The topological polar surface area (TPSA) is 75.2 Å². The van der Waals surface area contributed by atoms with Crippen molar-refractivity contribution in [3.05, 3.63) is 60.2 Å². The van der Waals surface area contributed by atoms with E-state index in [4.69, 9.17) is 11.8 Å². The summed E-state index contributed by atoms with van der Waals surface area (Å²) in [7, 11) is 0. The standard InChI is InChI=1S/C12H9ClN4O2/c13-17(12(19)9-4-3-6-14-8-9)16-11(18)10-5-1-2-7-15-10/h1-8H,(H,16,18). The number of aromatic nitrogens is 2. The zero-order chi connectivity index (χ0) is 13.7. The molecule has 0 atom stereocenters. The first-order valence-electron chi connectivity index (χ1n) is 5.31. The number of amides is 2. The van der Waals surface area contributed by atoms with Gasteiger partial charge in [0.1, 0.15) is 5.69 Å². The Morgan fingerprint density at radius 1 is 1.16 bits per heavy atom. The van der Waals surface area contributed by atoms with E-state index in [1.54, 1.807) is 18.2 Å². The van der Waals surface area contributed by atoms with Crippen molar-refractivity contribution < 1.29 is 9.59 Å². The maximum atomic E-state index is 11.8. The highest BCUT2D eigenvalue weighted by atomic mass is 35.5. The lowest BCUT2D eigenvalue weighted by atomic mass is 10.3. The molecule has 1 N–H and O–H groups in total. The number of carbonyl (C=O) groups is 2. The van der Waals surface area contributed by atoms with Crippen molar-refractivity contribution in [3.8, 4) is 0 Å². The average molecular weight is 277 g/mol. The number of halogens is 1. The van der Waals surface area contributed by atoms with Gasteiger partial charge in [0, 0.05) is 30.4 Å². The zero-order valence-corrected chi connectivity index (χ0v) is 10.4. The number of hydrogen-bond acceptors (Lipinski definition) is 4. The quantitative estimate of drug-likeness (QED) is 0.665. The summed E-state index contributed by atoms with van der Waals surface area (Å²) < 4.78 is 0.577. The van der Waals surface area contributed by atoms with Crippen molar-refractivity contribution in [2.24, 2.45) is 0 Å². The lowest BCUT2D eigenvalue weighted by Crippen LogP contribution is -2.40. The molecule has 2 aromatic heterocycles. The second kappa shape index (κ2) is 5.92. The summed E-state index contributed by atoms with van der Waals surface area (Å²) in [5.74, 6) is -1.16. The average Bonchev–Trinajstić information content (AvgIpc) is 2.48. The largest absolute Gasteiger partial charge is 0.289 e. The van der Waals surface area contributed by atoms with Crippen LogP contribution in [0.15, 0.2) is 48.9 Å². The van der Waals surface area contributed by atoms with Crippen LogP contribution in [0.1, 0.15) is 20.8 Å². The van der Waals surface area contributed by atoms with Crippen molar-refractivity contribution in [2.45, 2.75) is 0 Å². The highest BCUT2D eigenvalue weighted by molar-refractivity contribution is 6.24. The Morgan fingerprint density at radius 2 is 2.00 bits per heavy atom.